The van der Waals surface area contributed by atoms with Crippen LogP contribution < -0.4 is 5.32 Å². The molecule has 1 aromatic rings. The van der Waals surface area contributed by atoms with Crippen LogP contribution in [0.15, 0.2) is 18.2 Å². The van der Waals surface area contributed by atoms with Crippen LogP contribution >= 0.6 is 11.6 Å². The summed E-state index contributed by atoms with van der Waals surface area (Å²) in [6.07, 6.45) is 1.63. The zero-order valence-corrected chi connectivity index (χ0v) is 11.7. The number of nitrogens with one attached hydrogen (secondary N) is 1. The van der Waals surface area contributed by atoms with Crippen LogP contribution in [0.25, 0.3) is 0 Å². The number of halogens is 1. The summed E-state index contributed by atoms with van der Waals surface area (Å²) >= 11 is 5.94. The number of hydrogen-bond acceptors (Lipinski definition) is 2. The molecular weight excluding hydrogens is 258 g/mol. The highest BCUT2D eigenvalue weighted by atomic mass is 35.5. The molecule has 0 unspecified atom stereocenters. The van der Waals surface area contributed by atoms with Gasteiger partial charge in [0, 0.05) is 39.4 Å². The Morgan fingerprint density at radius 2 is 2.18 bits per heavy atom. The highest BCUT2D eigenvalue weighted by Gasteiger charge is 2.12. The van der Waals surface area contributed by atoms with Crippen LogP contribution in [0.3, 0.4) is 0 Å². The Labute approximate surface area is 109 Å². The number of carbonyl (C=O) groups is 1. The minimum Gasteiger partial charge on any atom is -0.351 e. The SMILES string of the molecule is Cc1c(Cl)cccc1C(=O)NC[C@@H](C)[S@](C)=O. The van der Waals surface area contributed by atoms with E-state index in [9.17, 15) is 9.00 Å². The van der Waals surface area contributed by atoms with Gasteiger partial charge in [-0.3, -0.25) is 9.00 Å². The van der Waals surface area contributed by atoms with Crippen LogP contribution in [0.2, 0.25) is 5.02 Å². The van der Waals surface area contributed by atoms with Crippen LogP contribution in [-0.4, -0.2) is 28.2 Å². The summed E-state index contributed by atoms with van der Waals surface area (Å²) in [5.41, 5.74) is 1.32. The average Bonchev–Trinajstić information content (AvgIpc) is 2.29. The van der Waals surface area contributed by atoms with Crippen LogP contribution in [-0.2, 0) is 10.8 Å². The van der Waals surface area contributed by atoms with Gasteiger partial charge < -0.3 is 5.32 Å². The number of amides is 1. The first-order valence-electron chi connectivity index (χ1n) is 5.29. The van der Waals surface area contributed by atoms with Gasteiger partial charge in [-0.15, -0.1) is 0 Å². The average molecular weight is 274 g/mol. The number of rotatable bonds is 4. The second-order valence-corrected chi connectivity index (χ2v) is 6.14. The van der Waals surface area contributed by atoms with Crippen molar-refractivity contribution in [1.82, 2.24) is 5.32 Å². The van der Waals surface area contributed by atoms with Crippen LogP contribution in [0.1, 0.15) is 22.8 Å². The van der Waals surface area contributed by atoms with Gasteiger partial charge in [-0.2, -0.15) is 0 Å². The normalized spacial score (nSPS) is 14.1. The van der Waals surface area contributed by atoms with Gasteiger partial charge in [0.05, 0.1) is 0 Å². The third kappa shape index (κ3) is 3.82. The minimum absolute atomic E-state index is 0.0570. The van der Waals surface area contributed by atoms with E-state index in [1.54, 1.807) is 31.4 Å². The molecule has 0 spiro atoms. The first-order valence-corrected chi connectivity index (χ1v) is 7.29. The van der Waals surface area contributed by atoms with Gasteiger partial charge in [0.25, 0.3) is 5.91 Å². The summed E-state index contributed by atoms with van der Waals surface area (Å²) < 4.78 is 11.2. The molecule has 94 valence electrons. The molecule has 0 aliphatic carbocycles. The van der Waals surface area contributed by atoms with Crippen molar-refractivity contribution < 1.29 is 9.00 Å². The lowest BCUT2D eigenvalue weighted by atomic mass is 10.1. The summed E-state index contributed by atoms with van der Waals surface area (Å²) in [5.74, 6) is -0.178. The van der Waals surface area contributed by atoms with Crippen molar-refractivity contribution in [2.75, 3.05) is 12.8 Å². The largest absolute Gasteiger partial charge is 0.351 e. The highest BCUT2D eigenvalue weighted by molar-refractivity contribution is 7.84. The molecule has 17 heavy (non-hydrogen) atoms. The Morgan fingerprint density at radius 3 is 2.76 bits per heavy atom. The van der Waals surface area contributed by atoms with Crippen molar-refractivity contribution in [2.45, 2.75) is 19.1 Å². The summed E-state index contributed by atoms with van der Waals surface area (Å²) in [6.45, 7) is 4.04. The van der Waals surface area contributed by atoms with Crippen molar-refractivity contribution in [2.24, 2.45) is 0 Å². The van der Waals surface area contributed by atoms with Crippen molar-refractivity contribution >= 4 is 28.3 Å². The number of hydrogen-bond donors (Lipinski definition) is 1. The van der Waals surface area contributed by atoms with Crippen LogP contribution in [0.4, 0.5) is 0 Å². The Bertz CT molecular complexity index is 448. The monoisotopic (exact) mass is 273 g/mol. The van der Waals surface area contributed by atoms with Crippen LogP contribution in [0, 0.1) is 6.92 Å². The number of benzene rings is 1. The third-order valence-corrected chi connectivity index (χ3v) is 4.34. The predicted octanol–water partition coefficient (Wildman–Crippen LogP) is 2.15. The van der Waals surface area contributed by atoms with Crippen LogP contribution in [0.5, 0.6) is 0 Å². The lowest BCUT2D eigenvalue weighted by Gasteiger charge is -2.11. The molecule has 1 rings (SSSR count). The quantitative estimate of drug-likeness (QED) is 0.914. The van der Waals surface area contributed by atoms with Gasteiger partial charge in [0.1, 0.15) is 0 Å². The lowest BCUT2D eigenvalue weighted by Crippen LogP contribution is -2.32. The maximum atomic E-state index is 11.9. The Balaban J connectivity index is 2.71. The minimum atomic E-state index is -0.934. The number of carbonyl (C=O) groups excluding carboxylic acids is 1. The molecule has 3 nitrogen and oxygen atoms in total. The van der Waals surface area contributed by atoms with E-state index in [0.29, 0.717) is 17.1 Å². The Hall–Kier alpha value is -0.870. The molecule has 1 aromatic carbocycles. The Morgan fingerprint density at radius 1 is 1.53 bits per heavy atom. The van der Waals surface area contributed by atoms with Crippen molar-refractivity contribution in [3.63, 3.8) is 0 Å². The van der Waals surface area contributed by atoms with Crippen molar-refractivity contribution in [3.8, 4) is 0 Å². The van der Waals surface area contributed by atoms with Gasteiger partial charge in [-0.25, -0.2) is 0 Å². The van der Waals surface area contributed by atoms with Gasteiger partial charge >= 0.3 is 0 Å². The van der Waals surface area contributed by atoms with Gasteiger partial charge in [0.2, 0.25) is 0 Å². The van der Waals surface area contributed by atoms with E-state index in [1.807, 2.05) is 6.92 Å². The molecule has 5 heteroatoms. The summed E-state index contributed by atoms with van der Waals surface area (Å²) in [7, 11) is -0.934. The van der Waals surface area contributed by atoms with E-state index in [0.717, 1.165) is 5.56 Å². The maximum absolute atomic E-state index is 11.9. The van der Waals surface area contributed by atoms with E-state index in [1.165, 1.54) is 0 Å². The first kappa shape index (κ1) is 14.2. The molecule has 0 radical (unpaired) electrons. The Kier molecular flexibility index (Phi) is 5.15. The van der Waals surface area contributed by atoms with Crippen molar-refractivity contribution in [1.29, 1.82) is 0 Å². The molecule has 0 aliphatic heterocycles. The predicted molar refractivity (Wildman–Crippen MR) is 72.1 cm³/mol. The zero-order valence-electron chi connectivity index (χ0n) is 10.1. The smallest absolute Gasteiger partial charge is 0.251 e. The van der Waals surface area contributed by atoms with Gasteiger partial charge in [-0.1, -0.05) is 17.7 Å². The van der Waals surface area contributed by atoms with E-state index < -0.39 is 10.8 Å². The molecule has 0 heterocycles. The van der Waals surface area contributed by atoms with E-state index in [2.05, 4.69) is 5.32 Å². The molecule has 0 saturated carbocycles. The molecule has 0 bridgehead atoms. The molecule has 2 atom stereocenters. The molecule has 0 aliphatic rings. The zero-order chi connectivity index (χ0) is 13.0. The third-order valence-electron chi connectivity index (χ3n) is 2.63. The van der Waals surface area contributed by atoms with E-state index >= 15 is 0 Å². The molecule has 1 amide bonds. The highest BCUT2D eigenvalue weighted by Crippen LogP contribution is 2.18. The van der Waals surface area contributed by atoms with E-state index in [4.69, 9.17) is 11.6 Å². The lowest BCUT2D eigenvalue weighted by molar-refractivity contribution is 0.0953. The molecule has 0 fully saturated rings. The van der Waals surface area contributed by atoms with Crippen molar-refractivity contribution in [3.05, 3.63) is 34.3 Å². The molecule has 0 saturated heterocycles. The first-order chi connectivity index (χ1) is 7.93. The second kappa shape index (κ2) is 6.17. The van der Waals surface area contributed by atoms with Gasteiger partial charge in [0.15, 0.2) is 0 Å². The summed E-state index contributed by atoms with van der Waals surface area (Å²) in [6, 6.07) is 5.22. The molecule has 0 aromatic heterocycles. The van der Waals surface area contributed by atoms with Gasteiger partial charge in [-0.05, 0) is 31.5 Å². The molecule has 1 N–H and O–H groups in total. The standard InChI is InChI=1S/C12H16ClNO2S/c1-8(17(3)16)7-14-12(15)10-5-4-6-11(13)9(10)2/h4-6,8H,7H2,1-3H3,(H,14,15)/t8-,17+/m1/s1. The summed E-state index contributed by atoms with van der Waals surface area (Å²) in [5, 5.41) is 3.27. The van der Waals surface area contributed by atoms with E-state index in [-0.39, 0.29) is 11.2 Å². The molecular formula is C12H16ClNO2S. The topological polar surface area (TPSA) is 46.2 Å². The summed E-state index contributed by atoms with van der Waals surface area (Å²) in [4.78, 5) is 11.9. The fourth-order valence-corrected chi connectivity index (χ4v) is 1.80. The fourth-order valence-electron chi connectivity index (χ4n) is 1.30. The maximum Gasteiger partial charge on any atom is 0.251 e. The fraction of sp³-hybridized carbons (Fsp3) is 0.417. The second-order valence-electron chi connectivity index (χ2n) is 3.93.